The summed E-state index contributed by atoms with van der Waals surface area (Å²) in [4.78, 5) is 11.5. The van der Waals surface area contributed by atoms with Crippen LogP contribution in [0.15, 0.2) is 36.7 Å². The van der Waals surface area contributed by atoms with Crippen LogP contribution in [0, 0.1) is 13.8 Å². The van der Waals surface area contributed by atoms with Gasteiger partial charge in [0.25, 0.3) is 0 Å². The monoisotopic (exact) mass is 240 g/mol. The third kappa shape index (κ3) is 1.72. The summed E-state index contributed by atoms with van der Waals surface area (Å²) in [5, 5.41) is 0. The number of rotatable bonds is 1. The van der Waals surface area contributed by atoms with Crippen molar-refractivity contribution in [2.75, 3.05) is 0 Å². The van der Waals surface area contributed by atoms with E-state index in [9.17, 15) is 0 Å². The molecule has 3 heteroatoms. The molecule has 0 fully saturated rings. The lowest BCUT2D eigenvalue weighted by molar-refractivity contribution is 1.27. The number of aromatic nitrogens is 2. The van der Waals surface area contributed by atoms with Crippen LogP contribution in [0.3, 0.4) is 0 Å². The molecule has 2 aromatic heterocycles. The molecule has 0 bridgehead atoms. The molecule has 0 saturated heterocycles. The van der Waals surface area contributed by atoms with E-state index in [0.717, 1.165) is 11.0 Å². The Morgan fingerprint density at radius 2 is 1.65 bits per heavy atom. The Morgan fingerprint density at radius 3 is 2.35 bits per heavy atom. The number of hydrogen-bond acceptors (Lipinski definition) is 3. The van der Waals surface area contributed by atoms with Crippen molar-refractivity contribution < 1.29 is 0 Å². The van der Waals surface area contributed by atoms with E-state index in [-0.39, 0.29) is 0 Å². The van der Waals surface area contributed by atoms with E-state index in [2.05, 4.69) is 48.1 Å². The zero-order valence-electron chi connectivity index (χ0n) is 9.77. The number of thiophene rings is 1. The van der Waals surface area contributed by atoms with Crippen molar-refractivity contribution in [3.05, 3.63) is 47.1 Å². The van der Waals surface area contributed by atoms with E-state index in [1.54, 1.807) is 23.7 Å². The van der Waals surface area contributed by atoms with Gasteiger partial charge in [-0.25, -0.2) is 0 Å². The molecule has 0 aliphatic rings. The first kappa shape index (κ1) is 10.4. The minimum Gasteiger partial charge on any atom is -0.253 e. The van der Waals surface area contributed by atoms with Crippen LogP contribution in [0.1, 0.15) is 10.4 Å². The van der Waals surface area contributed by atoms with Crippen molar-refractivity contribution >= 4 is 22.4 Å². The minimum atomic E-state index is 0.995. The number of aryl methyl sites for hydroxylation is 2. The van der Waals surface area contributed by atoms with Crippen LogP contribution >= 0.6 is 11.3 Å². The molecule has 3 aromatic rings. The Hall–Kier alpha value is -1.74. The molecule has 0 atom stereocenters. The lowest BCUT2D eigenvalue weighted by Gasteiger charge is -2.05. The van der Waals surface area contributed by atoms with E-state index < -0.39 is 0 Å². The van der Waals surface area contributed by atoms with Gasteiger partial charge in [-0.1, -0.05) is 12.1 Å². The lowest BCUT2D eigenvalue weighted by atomic mass is 10.1. The standard InChI is InChI=1S/C14H12N2S/c1-9-3-5-11(12-6-4-10(2)17-12)14-13(9)15-7-8-16-14/h3-8H,1-2H3. The predicted octanol–water partition coefficient (Wildman–Crippen LogP) is 3.98. The summed E-state index contributed by atoms with van der Waals surface area (Å²) in [5.74, 6) is 0. The second kappa shape index (κ2) is 3.93. The molecule has 0 unspecified atom stereocenters. The average Bonchev–Trinajstić information content (AvgIpc) is 2.77. The molecule has 2 heterocycles. The highest BCUT2D eigenvalue weighted by molar-refractivity contribution is 7.15. The van der Waals surface area contributed by atoms with E-state index in [4.69, 9.17) is 0 Å². The van der Waals surface area contributed by atoms with Gasteiger partial charge in [-0.2, -0.15) is 0 Å². The van der Waals surface area contributed by atoms with Crippen molar-refractivity contribution in [2.45, 2.75) is 13.8 Å². The van der Waals surface area contributed by atoms with Crippen LogP contribution in [-0.4, -0.2) is 9.97 Å². The number of nitrogens with zero attached hydrogens (tertiary/aromatic N) is 2. The Morgan fingerprint density at radius 1 is 0.882 bits per heavy atom. The van der Waals surface area contributed by atoms with E-state index in [1.807, 2.05) is 0 Å². The van der Waals surface area contributed by atoms with Gasteiger partial charge in [0.1, 0.15) is 0 Å². The third-order valence-corrected chi connectivity index (χ3v) is 3.87. The first-order valence-electron chi connectivity index (χ1n) is 5.53. The van der Waals surface area contributed by atoms with Crippen molar-refractivity contribution in [1.29, 1.82) is 0 Å². The summed E-state index contributed by atoms with van der Waals surface area (Å²) in [6.45, 7) is 4.19. The van der Waals surface area contributed by atoms with Gasteiger partial charge in [-0.3, -0.25) is 9.97 Å². The fourth-order valence-electron chi connectivity index (χ4n) is 1.97. The number of benzene rings is 1. The summed E-state index contributed by atoms with van der Waals surface area (Å²) >= 11 is 1.79. The van der Waals surface area contributed by atoms with Gasteiger partial charge in [-0.15, -0.1) is 11.3 Å². The second-order valence-corrected chi connectivity index (χ2v) is 5.38. The van der Waals surface area contributed by atoms with Gasteiger partial charge in [0.05, 0.1) is 11.0 Å². The van der Waals surface area contributed by atoms with Crippen molar-refractivity contribution in [2.24, 2.45) is 0 Å². The largest absolute Gasteiger partial charge is 0.253 e. The van der Waals surface area contributed by atoms with Gasteiger partial charge in [-0.05, 0) is 31.5 Å². The first-order chi connectivity index (χ1) is 8.25. The maximum Gasteiger partial charge on any atom is 0.0975 e. The predicted molar refractivity (Wildman–Crippen MR) is 72.3 cm³/mol. The van der Waals surface area contributed by atoms with Crippen LogP contribution in [0.5, 0.6) is 0 Å². The van der Waals surface area contributed by atoms with E-state index in [1.165, 1.54) is 20.9 Å². The van der Waals surface area contributed by atoms with Crippen LogP contribution in [0.4, 0.5) is 0 Å². The molecule has 0 aliphatic heterocycles. The highest BCUT2D eigenvalue weighted by Crippen LogP contribution is 2.32. The van der Waals surface area contributed by atoms with Gasteiger partial charge in [0, 0.05) is 27.7 Å². The van der Waals surface area contributed by atoms with Crippen LogP contribution < -0.4 is 0 Å². The fraction of sp³-hybridized carbons (Fsp3) is 0.143. The molecule has 1 aromatic carbocycles. The van der Waals surface area contributed by atoms with Crippen molar-refractivity contribution in [3.8, 4) is 10.4 Å². The normalized spacial score (nSPS) is 10.9. The zero-order chi connectivity index (χ0) is 11.8. The highest BCUT2D eigenvalue weighted by Gasteiger charge is 2.09. The second-order valence-electron chi connectivity index (χ2n) is 4.09. The molecule has 0 amide bonds. The first-order valence-corrected chi connectivity index (χ1v) is 6.34. The smallest absolute Gasteiger partial charge is 0.0975 e. The van der Waals surface area contributed by atoms with E-state index >= 15 is 0 Å². The molecule has 3 rings (SSSR count). The van der Waals surface area contributed by atoms with Crippen molar-refractivity contribution in [1.82, 2.24) is 9.97 Å². The molecule has 2 nitrogen and oxygen atoms in total. The third-order valence-electron chi connectivity index (χ3n) is 2.83. The molecule has 0 aliphatic carbocycles. The average molecular weight is 240 g/mol. The SMILES string of the molecule is Cc1ccc(-c2ccc(C)c3nccnc23)s1. The summed E-state index contributed by atoms with van der Waals surface area (Å²) in [6, 6.07) is 8.54. The highest BCUT2D eigenvalue weighted by atomic mass is 32.1. The molecular formula is C14H12N2S. The van der Waals surface area contributed by atoms with Gasteiger partial charge in [0.2, 0.25) is 0 Å². The summed E-state index contributed by atoms with van der Waals surface area (Å²) in [6.07, 6.45) is 3.50. The molecule has 17 heavy (non-hydrogen) atoms. The minimum absolute atomic E-state index is 0.995. The zero-order valence-corrected chi connectivity index (χ0v) is 10.6. The van der Waals surface area contributed by atoms with Gasteiger partial charge < -0.3 is 0 Å². The Bertz CT molecular complexity index is 686. The summed E-state index contributed by atoms with van der Waals surface area (Å²) in [7, 11) is 0. The molecule has 0 saturated carbocycles. The maximum absolute atomic E-state index is 4.47. The number of hydrogen-bond donors (Lipinski definition) is 0. The van der Waals surface area contributed by atoms with Gasteiger partial charge >= 0.3 is 0 Å². The quantitative estimate of drug-likeness (QED) is 0.643. The molecular weight excluding hydrogens is 228 g/mol. The summed E-state index contributed by atoms with van der Waals surface area (Å²) in [5.41, 5.74) is 4.34. The Labute approximate surface area is 104 Å². The van der Waals surface area contributed by atoms with Crippen LogP contribution in [-0.2, 0) is 0 Å². The molecule has 84 valence electrons. The molecule has 0 radical (unpaired) electrons. The topological polar surface area (TPSA) is 25.8 Å². The molecule has 0 spiro atoms. The van der Waals surface area contributed by atoms with Crippen LogP contribution in [0.25, 0.3) is 21.5 Å². The maximum atomic E-state index is 4.47. The van der Waals surface area contributed by atoms with Gasteiger partial charge in [0.15, 0.2) is 0 Å². The lowest BCUT2D eigenvalue weighted by Crippen LogP contribution is -1.88. The van der Waals surface area contributed by atoms with Crippen molar-refractivity contribution in [3.63, 3.8) is 0 Å². The number of fused-ring (bicyclic) bond motifs is 1. The Kier molecular flexibility index (Phi) is 2.41. The fourth-order valence-corrected chi connectivity index (χ4v) is 2.86. The van der Waals surface area contributed by atoms with Crippen LogP contribution in [0.2, 0.25) is 0 Å². The van der Waals surface area contributed by atoms with E-state index in [0.29, 0.717) is 0 Å². The molecule has 0 N–H and O–H groups in total. The Balaban J connectivity index is 2.34. The summed E-state index contributed by atoms with van der Waals surface area (Å²) < 4.78 is 0.